The van der Waals surface area contributed by atoms with Crippen molar-refractivity contribution in [2.75, 3.05) is 33.1 Å². The first-order valence-corrected chi connectivity index (χ1v) is 6.05. The molecule has 4 heteroatoms. The molecule has 3 rings (SSSR count). The Morgan fingerprint density at radius 1 is 1.00 bits per heavy atom. The van der Waals surface area contributed by atoms with E-state index >= 15 is 0 Å². The van der Waals surface area contributed by atoms with E-state index in [0.717, 1.165) is 19.7 Å². The van der Waals surface area contributed by atoms with Gasteiger partial charge in [-0.3, -0.25) is 0 Å². The quantitative estimate of drug-likeness (QED) is 0.841. The molecule has 2 aliphatic heterocycles. The Morgan fingerprint density at radius 2 is 1.76 bits per heavy atom. The van der Waals surface area contributed by atoms with Crippen LogP contribution in [-0.4, -0.2) is 33.1 Å². The maximum Gasteiger partial charge on any atom is 0.147 e. The second-order valence-corrected chi connectivity index (χ2v) is 4.37. The standard InChI is InChI=1S/C13H17NO3/c1-3-11(13-8-15-9-17-13)4-2-10(1)12-7-14-5-6-16-12/h1-4,12-14H,5-9H2. The molecule has 2 fully saturated rings. The Balaban J connectivity index is 1.70. The van der Waals surface area contributed by atoms with E-state index in [9.17, 15) is 0 Å². The normalized spacial score (nSPS) is 29.4. The zero-order valence-corrected chi connectivity index (χ0v) is 9.72. The number of hydrogen-bond donors (Lipinski definition) is 1. The highest BCUT2D eigenvalue weighted by Gasteiger charge is 2.19. The lowest BCUT2D eigenvalue weighted by molar-refractivity contribution is 0.0276. The minimum atomic E-state index is 0.0921. The summed E-state index contributed by atoms with van der Waals surface area (Å²) in [6.07, 6.45) is 0.271. The molecular formula is C13H17NO3. The number of benzene rings is 1. The molecule has 2 atom stereocenters. The molecule has 0 spiro atoms. The third kappa shape index (κ3) is 2.50. The topological polar surface area (TPSA) is 39.7 Å². The largest absolute Gasteiger partial charge is 0.371 e. The van der Waals surface area contributed by atoms with Gasteiger partial charge in [-0.05, 0) is 11.1 Å². The maximum absolute atomic E-state index is 5.71. The van der Waals surface area contributed by atoms with Crippen LogP contribution < -0.4 is 5.32 Å². The van der Waals surface area contributed by atoms with Crippen LogP contribution in [0.5, 0.6) is 0 Å². The molecule has 0 amide bonds. The second-order valence-electron chi connectivity index (χ2n) is 4.37. The average molecular weight is 235 g/mol. The molecule has 17 heavy (non-hydrogen) atoms. The summed E-state index contributed by atoms with van der Waals surface area (Å²) in [4.78, 5) is 0. The summed E-state index contributed by atoms with van der Waals surface area (Å²) in [5.41, 5.74) is 2.40. The summed E-state index contributed by atoms with van der Waals surface area (Å²) in [6, 6.07) is 8.45. The Hall–Kier alpha value is -0.940. The zero-order valence-electron chi connectivity index (χ0n) is 9.72. The van der Waals surface area contributed by atoms with Crippen LogP contribution in [0.1, 0.15) is 23.3 Å². The minimum Gasteiger partial charge on any atom is -0.371 e. The number of nitrogens with one attached hydrogen (secondary N) is 1. The van der Waals surface area contributed by atoms with Gasteiger partial charge in [0, 0.05) is 13.1 Å². The Morgan fingerprint density at radius 3 is 2.35 bits per heavy atom. The summed E-state index contributed by atoms with van der Waals surface area (Å²) < 4.78 is 16.4. The molecule has 0 bridgehead atoms. The van der Waals surface area contributed by atoms with E-state index in [2.05, 4.69) is 29.6 Å². The van der Waals surface area contributed by atoms with Gasteiger partial charge in [0.25, 0.3) is 0 Å². The first kappa shape index (κ1) is 11.2. The fraction of sp³-hybridized carbons (Fsp3) is 0.538. The lowest BCUT2D eigenvalue weighted by atomic mass is 10.0. The van der Waals surface area contributed by atoms with E-state index < -0.39 is 0 Å². The molecule has 0 radical (unpaired) electrons. The molecule has 1 N–H and O–H groups in total. The monoisotopic (exact) mass is 235 g/mol. The van der Waals surface area contributed by atoms with Gasteiger partial charge in [0.2, 0.25) is 0 Å². The zero-order chi connectivity index (χ0) is 11.5. The van der Waals surface area contributed by atoms with E-state index in [-0.39, 0.29) is 12.2 Å². The van der Waals surface area contributed by atoms with Crippen LogP contribution in [0.3, 0.4) is 0 Å². The Kier molecular flexibility index (Phi) is 3.38. The van der Waals surface area contributed by atoms with Gasteiger partial charge in [-0.25, -0.2) is 0 Å². The third-order valence-electron chi connectivity index (χ3n) is 3.23. The van der Waals surface area contributed by atoms with E-state index in [0.29, 0.717) is 13.4 Å². The van der Waals surface area contributed by atoms with Gasteiger partial charge in [0.1, 0.15) is 12.9 Å². The van der Waals surface area contributed by atoms with Gasteiger partial charge in [-0.15, -0.1) is 0 Å². The van der Waals surface area contributed by atoms with Crippen molar-refractivity contribution in [2.45, 2.75) is 12.2 Å². The van der Waals surface area contributed by atoms with Crippen LogP contribution in [0, 0.1) is 0 Å². The van der Waals surface area contributed by atoms with Gasteiger partial charge in [-0.1, -0.05) is 24.3 Å². The molecule has 2 unspecified atom stereocenters. The third-order valence-corrected chi connectivity index (χ3v) is 3.23. The second kappa shape index (κ2) is 5.14. The average Bonchev–Trinajstić information content (AvgIpc) is 2.94. The van der Waals surface area contributed by atoms with Crippen molar-refractivity contribution in [1.29, 1.82) is 0 Å². The molecule has 0 aliphatic carbocycles. The molecule has 2 heterocycles. The van der Waals surface area contributed by atoms with Crippen molar-refractivity contribution < 1.29 is 14.2 Å². The van der Waals surface area contributed by atoms with Gasteiger partial charge >= 0.3 is 0 Å². The van der Waals surface area contributed by atoms with Crippen LogP contribution in [0.2, 0.25) is 0 Å². The summed E-state index contributed by atoms with van der Waals surface area (Å²) in [5, 5.41) is 3.33. The first-order chi connectivity index (χ1) is 8.43. The molecule has 92 valence electrons. The SMILES string of the molecule is c1cc(C2COCO2)ccc1C1CNCCO1. The predicted octanol–water partition coefficient (Wildman–Crippen LogP) is 1.39. The predicted molar refractivity (Wildman–Crippen MR) is 62.6 cm³/mol. The highest BCUT2D eigenvalue weighted by molar-refractivity contribution is 5.26. The van der Waals surface area contributed by atoms with E-state index in [1.807, 2.05) is 0 Å². The Labute approximate surface area is 101 Å². The summed E-state index contributed by atoms with van der Waals surface area (Å²) in [7, 11) is 0. The van der Waals surface area contributed by atoms with Crippen LogP contribution in [-0.2, 0) is 14.2 Å². The van der Waals surface area contributed by atoms with Gasteiger partial charge in [0.15, 0.2) is 0 Å². The van der Waals surface area contributed by atoms with Crippen molar-refractivity contribution in [2.24, 2.45) is 0 Å². The minimum absolute atomic E-state index is 0.0921. The molecule has 1 aromatic rings. The van der Waals surface area contributed by atoms with Crippen molar-refractivity contribution in [3.63, 3.8) is 0 Å². The van der Waals surface area contributed by atoms with Gasteiger partial charge < -0.3 is 19.5 Å². The van der Waals surface area contributed by atoms with Crippen molar-refractivity contribution in [1.82, 2.24) is 5.32 Å². The van der Waals surface area contributed by atoms with Crippen molar-refractivity contribution in [3.05, 3.63) is 35.4 Å². The van der Waals surface area contributed by atoms with E-state index in [4.69, 9.17) is 14.2 Å². The summed E-state index contributed by atoms with van der Waals surface area (Å²) >= 11 is 0. The molecule has 0 aromatic heterocycles. The maximum atomic E-state index is 5.71. The van der Waals surface area contributed by atoms with Crippen LogP contribution in [0.15, 0.2) is 24.3 Å². The van der Waals surface area contributed by atoms with Gasteiger partial charge in [0.05, 0.1) is 19.3 Å². The molecule has 2 aliphatic rings. The number of morpholine rings is 1. The molecule has 4 nitrogen and oxygen atoms in total. The van der Waals surface area contributed by atoms with Gasteiger partial charge in [-0.2, -0.15) is 0 Å². The van der Waals surface area contributed by atoms with Crippen LogP contribution in [0.25, 0.3) is 0 Å². The molecule has 0 saturated carbocycles. The van der Waals surface area contributed by atoms with Crippen LogP contribution in [0.4, 0.5) is 0 Å². The number of hydrogen-bond acceptors (Lipinski definition) is 4. The number of rotatable bonds is 2. The fourth-order valence-electron chi connectivity index (χ4n) is 2.23. The summed E-state index contributed by atoms with van der Waals surface area (Å²) in [6.45, 7) is 3.68. The van der Waals surface area contributed by atoms with Crippen LogP contribution >= 0.6 is 0 Å². The van der Waals surface area contributed by atoms with Crippen molar-refractivity contribution in [3.8, 4) is 0 Å². The lowest BCUT2D eigenvalue weighted by Gasteiger charge is -2.24. The highest BCUT2D eigenvalue weighted by Crippen LogP contribution is 2.25. The fourth-order valence-corrected chi connectivity index (χ4v) is 2.23. The number of ether oxygens (including phenoxy) is 3. The lowest BCUT2D eigenvalue weighted by Crippen LogP contribution is -2.33. The molecular weight excluding hydrogens is 218 g/mol. The highest BCUT2D eigenvalue weighted by atomic mass is 16.7. The van der Waals surface area contributed by atoms with E-state index in [1.54, 1.807) is 0 Å². The molecule has 2 saturated heterocycles. The summed E-state index contributed by atoms with van der Waals surface area (Å²) in [5.74, 6) is 0. The first-order valence-electron chi connectivity index (χ1n) is 6.05. The van der Waals surface area contributed by atoms with Crippen molar-refractivity contribution >= 4 is 0 Å². The smallest absolute Gasteiger partial charge is 0.147 e. The Bertz CT molecular complexity index is 353. The molecule has 1 aromatic carbocycles. The van der Waals surface area contributed by atoms with E-state index in [1.165, 1.54) is 11.1 Å².